The molecular formula is C31H40O19S. The summed E-state index contributed by atoms with van der Waals surface area (Å²) in [4.78, 5) is 72.7. The molecule has 0 bridgehead atoms. The molecule has 2 saturated heterocycles. The number of esters is 6. The summed E-state index contributed by atoms with van der Waals surface area (Å²) < 4.78 is 81.0. The van der Waals surface area contributed by atoms with Gasteiger partial charge in [-0.1, -0.05) is 17.7 Å². The van der Waals surface area contributed by atoms with Gasteiger partial charge in [0.2, 0.25) is 0 Å². The van der Waals surface area contributed by atoms with Crippen LogP contribution in [0.25, 0.3) is 0 Å². The van der Waals surface area contributed by atoms with Crippen molar-refractivity contribution in [2.45, 2.75) is 115 Å². The molecule has 0 saturated carbocycles. The zero-order chi connectivity index (χ0) is 38.2. The summed E-state index contributed by atoms with van der Waals surface area (Å²) in [5, 5.41) is 10.7. The molecule has 2 aliphatic rings. The number of aliphatic hydroxyl groups is 1. The number of aliphatic hydroxyl groups excluding tert-OH is 1. The van der Waals surface area contributed by atoms with Crippen molar-refractivity contribution in [1.29, 1.82) is 0 Å². The van der Waals surface area contributed by atoms with Crippen LogP contribution in [0, 0.1) is 6.92 Å². The van der Waals surface area contributed by atoms with Crippen LogP contribution in [0.5, 0.6) is 0 Å². The van der Waals surface area contributed by atoms with Gasteiger partial charge in [0, 0.05) is 41.5 Å². The molecule has 0 spiro atoms. The summed E-state index contributed by atoms with van der Waals surface area (Å²) in [7, 11) is -4.47. The molecule has 1 N–H and O–H groups in total. The lowest BCUT2D eigenvalue weighted by molar-refractivity contribution is -0.356. The molecule has 2 heterocycles. The molecule has 1 aromatic carbocycles. The standard InChI is InChI=1S/C31H40O19S/c1-14-8-10-21(11-9-14)51(39,40)42-13-23-24(43-16(3)33)27(45-18(5)35)29(47-20(7)37)31(49-23)50-25-22(12-41-15(2)32)48-30(38)28(46-19(6)36)26(25)44-17(4)34/h8-11,22-31,38H,12-13H2,1-7H3/t22-,23-,24+,25-,26+,27+,28-,29-,30-,31+/m1/s1. The van der Waals surface area contributed by atoms with Gasteiger partial charge in [-0.3, -0.25) is 33.0 Å². The molecule has 2 fully saturated rings. The highest BCUT2D eigenvalue weighted by molar-refractivity contribution is 7.86. The highest BCUT2D eigenvalue weighted by Gasteiger charge is 2.57. The van der Waals surface area contributed by atoms with Gasteiger partial charge in [0.25, 0.3) is 10.1 Å². The van der Waals surface area contributed by atoms with E-state index in [9.17, 15) is 42.3 Å². The maximum Gasteiger partial charge on any atom is 0.303 e. The summed E-state index contributed by atoms with van der Waals surface area (Å²) in [5.74, 6) is -5.57. The Kier molecular flexibility index (Phi) is 14.4. The monoisotopic (exact) mass is 748 g/mol. The van der Waals surface area contributed by atoms with Crippen LogP contribution in [0.1, 0.15) is 47.1 Å². The lowest BCUT2D eigenvalue weighted by atomic mass is 9.96. The Morgan fingerprint density at radius 2 is 1.06 bits per heavy atom. The first kappa shape index (κ1) is 41.2. The Morgan fingerprint density at radius 3 is 1.57 bits per heavy atom. The Bertz CT molecular complexity index is 1540. The SMILES string of the molecule is CC(=O)OC[C@H]1O[C@@H](O)[C@H](OC(C)=O)[C@@H](OC(C)=O)[C@@H]1O[C@@H]1O[C@H](COS(=O)(=O)c2ccc(C)cc2)[C@H](OC(C)=O)[C@H](OC(C)=O)[C@H]1OC(C)=O. The van der Waals surface area contributed by atoms with Crippen molar-refractivity contribution in [1.82, 2.24) is 0 Å². The summed E-state index contributed by atoms with van der Waals surface area (Å²) in [6.07, 6.45) is -17.4. The number of carbonyl (C=O) groups is 6. The fourth-order valence-electron chi connectivity index (χ4n) is 5.22. The average molecular weight is 749 g/mol. The molecule has 0 unspecified atom stereocenters. The fourth-order valence-corrected chi connectivity index (χ4v) is 6.14. The number of aryl methyl sites for hydroxylation is 1. The zero-order valence-corrected chi connectivity index (χ0v) is 29.5. The minimum atomic E-state index is -4.47. The topological polar surface area (TPSA) is 249 Å². The van der Waals surface area contributed by atoms with Crippen LogP contribution in [-0.2, 0) is 85.7 Å². The van der Waals surface area contributed by atoms with Crippen LogP contribution in [0.4, 0.5) is 0 Å². The Labute approximate surface area is 292 Å². The second-order valence-electron chi connectivity index (χ2n) is 11.4. The smallest absolute Gasteiger partial charge is 0.303 e. The minimum Gasteiger partial charge on any atom is -0.463 e. The van der Waals surface area contributed by atoms with E-state index in [1.165, 1.54) is 24.3 Å². The molecular weight excluding hydrogens is 708 g/mol. The molecule has 20 heteroatoms. The van der Waals surface area contributed by atoms with Crippen molar-refractivity contribution in [3.05, 3.63) is 29.8 Å². The Balaban J connectivity index is 2.13. The highest BCUT2D eigenvalue weighted by Crippen LogP contribution is 2.35. The van der Waals surface area contributed by atoms with E-state index in [-0.39, 0.29) is 4.90 Å². The number of hydrogen-bond acceptors (Lipinski definition) is 19. The molecule has 284 valence electrons. The zero-order valence-electron chi connectivity index (χ0n) is 28.7. The number of rotatable bonds is 13. The molecule has 51 heavy (non-hydrogen) atoms. The molecule has 19 nitrogen and oxygen atoms in total. The van der Waals surface area contributed by atoms with Crippen molar-refractivity contribution in [3.8, 4) is 0 Å². The lowest BCUT2D eigenvalue weighted by Crippen LogP contribution is -2.67. The molecule has 0 aromatic heterocycles. The number of carbonyl (C=O) groups excluding carboxylic acids is 6. The van der Waals surface area contributed by atoms with Crippen LogP contribution < -0.4 is 0 Å². The normalized spacial score (nSPS) is 29.2. The second-order valence-corrected chi connectivity index (χ2v) is 13.0. The van der Waals surface area contributed by atoms with Crippen molar-refractivity contribution >= 4 is 45.9 Å². The highest BCUT2D eigenvalue weighted by atomic mass is 32.2. The summed E-state index contributed by atoms with van der Waals surface area (Å²) >= 11 is 0. The van der Waals surface area contributed by atoms with Gasteiger partial charge >= 0.3 is 35.8 Å². The maximum atomic E-state index is 13.1. The van der Waals surface area contributed by atoms with Crippen molar-refractivity contribution < 1.29 is 89.1 Å². The van der Waals surface area contributed by atoms with Crippen LogP contribution in [0.2, 0.25) is 0 Å². The largest absolute Gasteiger partial charge is 0.463 e. The van der Waals surface area contributed by atoms with Crippen LogP contribution in [0.15, 0.2) is 29.2 Å². The van der Waals surface area contributed by atoms with Crippen LogP contribution >= 0.6 is 0 Å². The Hall–Kier alpha value is -4.21. The van der Waals surface area contributed by atoms with Crippen molar-refractivity contribution in [3.63, 3.8) is 0 Å². The summed E-state index contributed by atoms with van der Waals surface area (Å²) in [5.41, 5.74) is 0.759. The van der Waals surface area contributed by atoms with E-state index in [1.54, 1.807) is 6.92 Å². The van der Waals surface area contributed by atoms with Gasteiger partial charge in [-0.15, -0.1) is 0 Å². The quantitative estimate of drug-likeness (QED) is 0.155. The molecule has 2 aliphatic heterocycles. The molecule has 0 radical (unpaired) electrons. The molecule has 3 rings (SSSR count). The predicted octanol–water partition coefficient (Wildman–Crippen LogP) is -0.251. The third-order valence-corrected chi connectivity index (χ3v) is 8.45. The van der Waals surface area contributed by atoms with Gasteiger partial charge in [0.1, 0.15) is 24.9 Å². The predicted molar refractivity (Wildman–Crippen MR) is 163 cm³/mol. The third-order valence-electron chi connectivity index (χ3n) is 7.15. The second kappa shape index (κ2) is 17.8. The van der Waals surface area contributed by atoms with Crippen molar-refractivity contribution in [2.75, 3.05) is 13.2 Å². The van der Waals surface area contributed by atoms with Crippen molar-refractivity contribution in [2.24, 2.45) is 0 Å². The first-order valence-electron chi connectivity index (χ1n) is 15.4. The van der Waals surface area contributed by atoms with Gasteiger partial charge in [0.15, 0.2) is 43.1 Å². The Morgan fingerprint density at radius 1 is 0.608 bits per heavy atom. The average Bonchev–Trinajstić information content (AvgIpc) is 3.00. The van der Waals surface area contributed by atoms with Gasteiger partial charge in [-0.25, -0.2) is 0 Å². The minimum absolute atomic E-state index is 0.234. The van der Waals surface area contributed by atoms with E-state index in [0.717, 1.165) is 47.1 Å². The maximum absolute atomic E-state index is 13.1. The van der Waals surface area contributed by atoms with Gasteiger partial charge in [-0.05, 0) is 19.1 Å². The first-order chi connectivity index (χ1) is 23.8. The first-order valence-corrected chi connectivity index (χ1v) is 16.8. The van der Waals surface area contributed by atoms with Gasteiger partial charge in [0.05, 0.1) is 11.5 Å². The van der Waals surface area contributed by atoms with E-state index in [2.05, 4.69) is 0 Å². The summed E-state index contributed by atoms with van der Waals surface area (Å²) in [6.45, 7) is 6.22. The van der Waals surface area contributed by atoms with E-state index >= 15 is 0 Å². The number of ether oxygens (including phenoxy) is 9. The number of benzene rings is 1. The van der Waals surface area contributed by atoms with Crippen LogP contribution in [-0.4, -0.2) is 124 Å². The van der Waals surface area contributed by atoms with Gasteiger partial charge in [-0.2, -0.15) is 8.42 Å². The lowest BCUT2D eigenvalue weighted by Gasteiger charge is -2.48. The fraction of sp³-hybridized carbons (Fsp3) is 0.613. The molecule has 0 aliphatic carbocycles. The molecule has 1 aromatic rings. The third kappa shape index (κ3) is 11.7. The molecule has 0 amide bonds. The van der Waals surface area contributed by atoms with Crippen LogP contribution in [0.3, 0.4) is 0 Å². The number of hydrogen-bond donors (Lipinski definition) is 1. The summed E-state index contributed by atoms with van der Waals surface area (Å²) in [6, 6.07) is 5.63. The van der Waals surface area contributed by atoms with E-state index in [4.69, 9.17) is 46.8 Å². The van der Waals surface area contributed by atoms with E-state index < -0.39 is 121 Å². The van der Waals surface area contributed by atoms with E-state index in [0.29, 0.717) is 0 Å². The molecule has 10 atom stereocenters. The van der Waals surface area contributed by atoms with Gasteiger partial charge < -0.3 is 47.7 Å². The van der Waals surface area contributed by atoms with E-state index in [1.807, 2.05) is 0 Å².